The van der Waals surface area contributed by atoms with E-state index in [0.29, 0.717) is 23.7 Å². The van der Waals surface area contributed by atoms with Gasteiger partial charge in [-0.15, -0.1) is 0 Å². The van der Waals surface area contributed by atoms with Gasteiger partial charge in [-0.05, 0) is 67.4 Å². The highest BCUT2D eigenvalue weighted by Crippen LogP contribution is 2.25. The summed E-state index contributed by atoms with van der Waals surface area (Å²) in [5, 5.41) is 2.97. The highest BCUT2D eigenvalue weighted by molar-refractivity contribution is 7.92. The number of carbonyl (C=O) groups excluding carboxylic acids is 1. The van der Waals surface area contributed by atoms with Crippen LogP contribution in [0.25, 0.3) is 0 Å². The second kappa shape index (κ2) is 9.85. The van der Waals surface area contributed by atoms with Crippen LogP contribution >= 0.6 is 11.6 Å². The van der Waals surface area contributed by atoms with Gasteiger partial charge in [-0.2, -0.15) is 0 Å². The SMILES string of the molecule is CCOc1ccc(NS(=O)(=O)c2ccc(Cl)c(C(=O)Nc3ccccc3CC)c2)cc1. The number of amides is 1. The molecule has 0 heterocycles. The highest BCUT2D eigenvalue weighted by atomic mass is 35.5. The van der Waals surface area contributed by atoms with Crippen molar-refractivity contribution in [3.8, 4) is 5.75 Å². The van der Waals surface area contributed by atoms with Crippen molar-refractivity contribution in [3.63, 3.8) is 0 Å². The first-order valence-corrected chi connectivity index (χ1v) is 11.6. The smallest absolute Gasteiger partial charge is 0.261 e. The van der Waals surface area contributed by atoms with E-state index in [1.54, 1.807) is 30.3 Å². The fourth-order valence-corrected chi connectivity index (χ4v) is 4.27. The third-order valence-electron chi connectivity index (χ3n) is 4.56. The van der Waals surface area contributed by atoms with Crippen molar-refractivity contribution < 1.29 is 17.9 Å². The molecule has 0 radical (unpaired) electrons. The van der Waals surface area contributed by atoms with Gasteiger partial charge in [0.25, 0.3) is 15.9 Å². The van der Waals surface area contributed by atoms with Crippen LogP contribution in [0.1, 0.15) is 29.8 Å². The lowest BCUT2D eigenvalue weighted by Crippen LogP contribution is -2.17. The van der Waals surface area contributed by atoms with E-state index in [4.69, 9.17) is 16.3 Å². The van der Waals surface area contributed by atoms with E-state index in [9.17, 15) is 13.2 Å². The molecule has 6 nitrogen and oxygen atoms in total. The summed E-state index contributed by atoms with van der Waals surface area (Å²) in [6.45, 7) is 4.37. The molecule has 0 aromatic heterocycles. The van der Waals surface area contributed by atoms with Crippen molar-refractivity contribution in [1.82, 2.24) is 0 Å². The number of hydrogen-bond acceptors (Lipinski definition) is 4. The Labute approximate surface area is 187 Å². The van der Waals surface area contributed by atoms with Crippen LogP contribution in [-0.2, 0) is 16.4 Å². The van der Waals surface area contributed by atoms with Crippen LogP contribution in [-0.4, -0.2) is 20.9 Å². The molecule has 3 aromatic rings. The van der Waals surface area contributed by atoms with Crippen molar-refractivity contribution in [2.24, 2.45) is 0 Å². The van der Waals surface area contributed by atoms with Gasteiger partial charge >= 0.3 is 0 Å². The number of sulfonamides is 1. The van der Waals surface area contributed by atoms with Crippen molar-refractivity contribution in [3.05, 3.63) is 82.9 Å². The largest absolute Gasteiger partial charge is 0.494 e. The van der Waals surface area contributed by atoms with E-state index in [1.165, 1.54) is 18.2 Å². The molecule has 0 fully saturated rings. The summed E-state index contributed by atoms with van der Waals surface area (Å²) in [4.78, 5) is 12.7. The Morgan fingerprint density at radius 2 is 1.71 bits per heavy atom. The van der Waals surface area contributed by atoms with Crippen LogP contribution in [0.5, 0.6) is 5.75 Å². The number of para-hydroxylation sites is 1. The first kappa shape index (κ1) is 22.7. The van der Waals surface area contributed by atoms with Crippen LogP contribution in [0, 0.1) is 0 Å². The maximum absolute atomic E-state index is 12.8. The fourth-order valence-electron chi connectivity index (χ4n) is 2.99. The molecule has 2 N–H and O–H groups in total. The van der Waals surface area contributed by atoms with Gasteiger partial charge in [-0.3, -0.25) is 9.52 Å². The molecule has 8 heteroatoms. The van der Waals surface area contributed by atoms with Crippen LogP contribution < -0.4 is 14.8 Å². The molecule has 1 amide bonds. The molecule has 0 bridgehead atoms. The van der Waals surface area contributed by atoms with E-state index in [-0.39, 0.29) is 15.5 Å². The van der Waals surface area contributed by atoms with E-state index in [0.717, 1.165) is 12.0 Å². The topological polar surface area (TPSA) is 84.5 Å². The molecule has 31 heavy (non-hydrogen) atoms. The Morgan fingerprint density at radius 3 is 2.39 bits per heavy atom. The summed E-state index contributed by atoms with van der Waals surface area (Å²) >= 11 is 6.20. The predicted molar refractivity (Wildman–Crippen MR) is 124 cm³/mol. The maximum atomic E-state index is 12.8. The Bertz CT molecular complexity index is 1180. The molecule has 0 aliphatic heterocycles. The van der Waals surface area contributed by atoms with Crippen molar-refractivity contribution >= 4 is 38.9 Å². The number of ether oxygens (including phenoxy) is 1. The lowest BCUT2D eigenvalue weighted by Gasteiger charge is -2.13. The minimum absolute atomic E-state index is 0.0697. The van der Waals surface area contributed by atoms with Crippen LogP contribution in [0.2, 0.25) is 5.02 Å². The van der Waals surface area contributed by atoms with Gasteiger partial charge in [-0.1, -0.05) is 36.7 Å². The lowest BCUT2D eigenvalue weighted by atomic mass is 10.1. The molecule has 0 aliphatic rings. The van der Waals surface area contributed by atoms with E-state index in [1.807, 2.05) is 32.0 Å². The quantitative estimate of drug-likeness (QED) is 0.476. The number of nitrogens with one attached hydrogen (secondary N) is 2. The predicted octanol–water partition coefficient (Wildman–Crippen LogP) is 5.35. The Morgan fingerprint density at radius 1 is 1.00 bits per heavy atom. The molecule has 0 aliphatic carbocycles. The number of anilines is 2. The zero-order valence-electron chi connectivity index (χ0n) is 17.2. The van der Waals surface area contributed by atoms with Crippen LogP contribution in [0.15, 0.2) is 71.6 Å². The van der Waals surface area contributed by atoms with Crippen LogP contribution in [0.3, 0.4) is 0 Å². The normalized spacial score (nSPS) is 11.1. The summed E-state index contributed by atoms with van der Waals surface area (Å²) in [5.74, 6) is 0.160. The lowest BCUT2D eigenvalue weighted by molar-refractivity contribution is 0.102. The number of halogens is 1. The standard InChI is InChI=1S/C23H23ClN2O4S/c1-3-16-7-5-6-8-22(16)25-23(27)20-15-19(13-14-21(20)24)31(28,29)26-17-9-11-18(12-10-17)30-4-2/h5-15,26H,3-4H2,1-2H3,(H,25,27). The monoisotopic (exact) mass is 458 g/mol. The molecule has 0 saturated carbocycles. The van der Waals surface area contributed by atoms with Gasteiger partial charge in [0.1, 0.15) is 5.75 Å². The van der Waals surface area contributed by atoms with Gasteiger partial charge in [0, 0.05) is 11.4 Å². The molecule has 0 atom stereocenters. The Kier molecular flexibility index (Phi) is 7.20. The zero-order valence-corrected chi connectivity index (χ0v) is 18.8. The van der Waals surface area contributed by atoms with Crippen LogP contribution in [0.4, 0.5) is 11.4 Å². The fraction of sp³-hybridized carbons (Fsp3) is 0.174. The van der Waals surface area contributed by atoms with Gasteiger partial charge in [0.2, 0.25) is 0 Å². The van der Waals surface area contributed by atoms with Gasteiger partial charge in [-0.25, -0.2) is 8.42 Å². The average molecular weight is 459 g/mol. The molecule has 0 spiro atoms. The summed E-state index contributed by atoms with van der Waals surface area (Å²) < 4.78 is 33.5. The second-order valence-electron chi connectivity index (χ2n) is 6.67. The number of hydrogen-bond donors (Lipinski definition) is 2. The molecule has 0 unspecified atom stereocenters. The average Bonchev–Trinajstić information content (AvgIpc) is 2.75. The number of benzene rings is 3. The first-order valence-electron chi connectivity index (χ1n) is 9.78. The van der Waals surface area contributed by atoms with Gasteiger partial charge in [0.05, 0.1) is 22.1 Å². The summed E-state index contributed by atoms with van der Waals surface area (Å²) in [5.41, 5.74) is 2.07. The molecule has 0 saturated heterocycles. The third kappa shape index (κ3) is 5.57. The van der Waals surface area contributed by atoms with Gasteiger partial charge in [0.15, 0.2) is 0 Å². The van der Waals surface area contributed by atoms with Gasteiger partial charge < -0.3 is 10.1 Å². The van der Waals surface area contributed by atoms with E-state index >= 15 is 0 Å². The summed E-state index contributed by atoms with van der Waals surface area (Å²) in [6, 6.07) is 18.0. The van der Waals surface area contributed by atoms with Crippen molar-refractivity contribution in [1.29, 1.82) is 0 Å². The number of rotatable bonds is 8. The molecule has 3 aromatic carbocycles. The molecule has 162 valence electrons. The Hall–Kier alpha value is -3.03. The summed E-state index contributed by atoms with van der Waals surface area (Å²) in [7, 11) is -3.93. The molecule has 3 rings (SSSR count). The number of carbonyl (C=O) groups is 1. The Balaban J connectivity index is 1.84. The zero-order chi connectivity index (χ0) is 22.4. The van der Waals surface area contributed by atoms with Crippen molar-refractivity contribution in [2.75, 3.05) is 16.6 Å². The molecular weight excluding hydrogens is 436 g/mol. The van der Waals surface area contributed by atoms with E-state index < -0.39 is 15.9 Å². The minimum Gasteiger partial charge on any atom is -0.494 e. The third-order valence-corrected chi connectivity index (χ3v) is 6.27. The maximum Gasteiger partial charge on any atom is 0.261 e. The minimum atomic E-state index is -3.93. The highest BCUT2D eigenvalue weighted by Gasteiger charge is 2.19. The second-order valence-corrected chi connectivity index (χ2v) is 8.76. The van der Waals surface area contributed by atoms with Crippen molar-refractivity contribution in [2.45, 2.75) is 25.2 Å². The van der Waals surface area contributed by atoms with E-state index in [2.05, 4.69) is 10.0 Å². The molecular formula is C23H23ClN2O4S. The first-order chi connectivity index (χ1) is 14.8. The summed E-state index contributed by atoms with van der Waals surface area (Å²) in [6.07, 6.45) is 0.741. The number of aryl methyl sites for hydroxylation is 1.